The van der Waals surface area contributed by atoms with Crippen LogP contribution in [0.1, 0.15) is 54.5 Å². The largest absolute Gasteiger partial charge is 0.478 e. The molecular weight excluding hydrogens is 264 g/mol. The molecule has 3 heteroatoms. The highest BCUT2D eigenvalue weighted by molar-refractivity contribution is 5.80. The van der Waals surface area contributed by atoms with Crippen LogP contribution in [0.4, 0.5) is 0 Å². The number of fused-ring (bicyclic) bond motifs is 1. The first kappa shape index (κ1) is 15.5. The number of allylic oxidation sites excluding steroid dienone is 2. The van der Waals surface area contributed by atoms with Gasteiger partial charge in [0.2, 0.25) is 0 Å². The van der Waals surface area contributed by atoms with Gasteiger partial charge in [-0.25, -0.2) is 4.79 Å². The zero-order chi connectivity index (χ0) is 15.6. The Hall–Kier alpha value is -1.87. The van der Waals surface area contributed by atoms with Gasteiger partial charge < -0.3 is 10.2 Å². The molecule has 1 aliphatic carbocycles. The van der Waals surface area contributed by atoms with Crippen LogP contribution in [-0.2, 0) is 4.79 Å². The fraction of sp³-hybridized carbons (Fsp3) is 0.389. The molecule has 0 bridgehead atoms. The minimum Gasteiger partial charge on any atom is -0.478 e. The summed E-state index contributed by atoms with van der Waals surface area (Å²) in [5, 5.41) is 19.0. The van der Waals surface area contributed by atoms with Gasteiger partial charge in [0, 0.05) is 6.08 Å². The van der Waals surface area contributed by atoms with Gasteiger partial charge in [0.1, 0.15) is 0 Å². The van der Waals surface area contributed by atoms with E-state index in [0.29, 0.717) is 5.92 Å². The predicted molar refractivity (Wildman–Crippen MR) is 84.1 cm³/mol. The van der Waals surface area contributed by atoms with E-state index in [-0.39, 0.29) is 5.92 Å². The van der Waals surface area contributed by atoms with Crippen molar-refractivity contribution in [2.24, 2.45) is 5.92 Å². The van der Waals surface area contributed by atoms with Gasteiger partial charge in [-0.1, -0.05) is 44.2 Å². The lowest BCUT2D eigenvalue weighted by atomic mass is 9.74. The molecule has 3 atom stereocenters. The first-order chi connectivity index (χ1) is 9.91. The third-order valence-electron chi connectivity index (χ3n) is 4.23. The summed E-state index contributed by atoms with van der Waals surface area (Å²) in [6.07, 6.45) is 6.86. The summed E-state index contributed by atoms with van der Waals surface area (Å²) in [6.45, 7) is 6.30. The van der Waals surface area contributed by atoms with E-state index in [9.17, 15) is 9.90 Å². The Morgan fingerprint density at radius 2 is 2.00 bits per heavy atom. The molecule has 1 aromatic rings. The van der Waals surface area contributed by atoms with Gasteiger partial charge in [-0.3, -0.25) is 0 Å². The first-order valence-corrected chi connectivity index (χ1v) is 7.31. The van der Waals surface area contributed by atoms with Gasteiger partial charge in [0.15, 0.2) is 0 Å². The Kier molecular flexibility index (Phi) is 4.63. The van der Waals surface area contributed by atoms with Crippen LogP contribution in [0, 0.1) is 12.8 Å². The fourth-order valence-corrected chi connectivity index (χ4v) is 3.19. The van der Waals surface area contributed by atoms with Crippen molar-refractivity contribution >= 4 is 12.0 Å². The highest BCUT2D eigenvalue weighted by atomic mass is 16.4. The van der Waals surface area contributed by atoms with Crippen molar-refractivity contribution in [2.75, 3.05) is 0 Å². The molecule has 0 saturated carbocycles. The maximum atomic E-state index is 10.5. The number of carbonyl (C=O) groups is 1. The van der Waals surface area contributed by atoms with E-state index >= 15 is 0 Å². The molecule has 112 valence electrons. The number of hydrogen-bond acceptors (Lipinski definition) is 2. The van der Waals surface area contributed by atoms with E-state index in [1.807, 2.05) is 25.1 Å². The second-order valence-electron chi connectivity index (χ2n) is 5.91. The van der Waals surface area contributed by atoms with E-state index in [1.54, 1.807) is 6.08 Å². The quantitative estimate of drug-likeness (QED) is 0.656. The van der Waals surface area contributed by atoms with E-state index < -0.39 is 12.1 Å². The summed E-state index contributed by atoms with van der Waals surface area (Å²) in [4.78, 5) is 10.5. The minimum absolute atomic E-state index is 0.263. The van der Waals surface area contributed by atoms with E-state index in [4.69, 9.17) is 5.11 Å². The number of carboxylic acid groups (broad SMARTS) is 1. The average molecular weight is 286 g/mol. The van der Waals surface area contributed by atoms with Crippen molar-refractivity contribution in [3.8, 4) is 0 Å². The number of benzene rings is 1. The summed E-state index contributed by atoms with van der Waals surface area (Å²) in [7, 11) is 0. The topological polar surface area (TPSA) is 57.5 Å². The number of aliphatic hydroxyl groups excluding tert-OH is 1. The minimum atomic E-state index is -0.955. The van der Waals surface area contributed by atoms with Crippen molar-refractivity contribution in [3.05, 3.63) is 52.6 Å². The van der Waals surface area contributed by atoms with Crippen molar-refractivity contribution in [1.82, 2.24) is 0 Å². The van der Waals surface area contributed by atoms with Crippen LogP contribution in [0.5, 0.6) is 0 Å². The fourth-order valence-electron chi connectivity index (χ4n) is 3.19. The number of aliphatic hydroxyl groups is 1. The van der Waals surface area contributed by atoms with Gasteiger partial charge in [-0.2, -0.15) is 0 Å². The summed E-state index contributed by atoms with van der Waals surface area (Å²) in [5.41, 5.74) is 4.44. The molecule has 0 spiro atoms. The molecule has 0 amide bonds. The molecule has 0 fully saturated rings. The SMILES string of the molecule is Cc1ccc2c(c1/C=C/C=C\C(=O)O)[C@@H](C)C[C@H](C)[C@@H]2O. The molecule has 0 saturated heterocycles. The molecule has 0 aromatic heterocycles. The molecule has 1 aliphatic rings. The number of hydrogen-bond donors (Lipinski definition) is 2. The monoisotopic (exact) mass is 286 g/mol. The molecule has 0 heterocycles. The highest BCUT2D eigenvalue weighted by Crippen LogP contribution is 2.43. The Labute approximate surface area is 125 Å². The number of carboxylic acids is 1. The molecule has 1 aromatic carbocycles. The summed E-state index contributed by atoms with van der Waals surface area (Å²) >= 11 is 0. The number of aliphatic carboxylic acids is 1. The van der Waals surface area contributed by atoms with Crippen molar-refractivity contribution in [1.29, 1.82) is 0 Å². The predicted octanol–water partition coefficient (Wildman–Crippen LogP) is 3.83. The lowest BCUT2D eigenvalue weighted by Gasteiger charge is -2.33. The number of aryl methyl sites for hydroxylation is 1. The van der Waals surface area contributed by atoms with Crippen LogP contribution in [0.2, 0.25) is 0 Å². The Bertz CT molecular complexity index is 599. The Balaban J connectivity index is 2.45. The third kappa shape index (κ3) is 3.24. The van der Waals surface area contributed by atoms with Gasteiger partial charge >= 0.3 is 5.97 Å². The standard InChI is InChI=1S/C18H22O3/c1-11-8-9-15-17(12(2)10-13(3)18(15)21)14(11)6-4-5-7-16(19)20/h4-9,12-13,18,21H,10H2,1-3H3,(H,19,20)/b6-4+,7-5-/t12-,13-,18-/m0/s1. The molecule has 21 heavy (non-hydrogen) atoms. The van der Waals surface area contributed by atoms with E-state index in [2.05, 4.69) is 13.8 Å². The maximum Gasteiger partial charge on any atom is 0.328 e. The van der Waals surface area contributed by atoms with E-state index in [0.717, 1.165) is 29.2 Å². The molecule has 0 unspecified atom stereocenters. The van der Waals surface area contributed by atoms with Gasteiger partial charge in [0.25, 0.3) is 0 Å². The van der Waals surface area contributed by atoms with Gasteiger partial charge in [-0.15, -0.1) is 0 Å². The normalized spacial score (nSPS) is 25.4. The lowest BCUT2D eigenvalue weighted by molar-refractivity contribution is -0.131. The molecule has 0 radical (unpaired) electrons. The maximum absolute atomic E-state index is 10.5. The smallest absolute Gasteiger partial charge is 0.328 e. The first-order valence-electron chi connectivity index (χ1n) is 7.31. The third-order valence-corrected chi connectivity index (χ3v) is 4.23. The second-order valence-corrected chi connectivity index (χ2v) is 5.91. The molecule has 2 N–H and O–H groups in total. The Morgan fingerprint density at radius 1 is 1.29 bits per heavy atom. The van der Waals surface area contributed by atoms with Crippen LogP contribution in [0.15, 0.2) is 30.4 Å². The zero-order valence-corrected chi connectivity index (χ0v) is 12.7. The zero-order valence-electron chi connectivity index (χ0n) is 12.7. The van der Waals surface area contributed by atoms with Crippen LogP contribution >= 0.6 is 0 Å². The summed E-state index contributed by atoms with van der Waals surface area (Å²) in [5.74, 6) is -0.301. The van der Waals surface area contributed by atoms with Crippen molar-refractivity contribution < 1.29 is 15.0 Å². The number of rotatable bonds is 3. The second kappa shape index (κ2) is 6.27. The van der Waals surface area contributed by atoms with Gasteiger partial charge in [-0.05, 0) is 47.4 Å². The van der Waals surface area contributed by atoms with Crippen LogP contribution in [0.25, 0.3) is 6.08 Å². The Morgan fingerprint density at radius 3 is 2.67 bits per heavy atom. The van der Waals surface area contributed by atoms with Crippen molar-refractivity contribution in [3.63, 3.8) is 0 Å². The molecule has 2 rings (SSSR count). The van der Waals surface area contributed by atoms with Crippen molar-refractivity contribution in [2.45, 2.75) is 39.2 Å². The average Bonchev–Trinajstić information content (AvgIpc) is 2.42. The lowest BCUT2D eigenvalue weighted by Crippen LogP contribution is -2.21. The molecular formula is C18H22O3. The summed E-state index contributed by atoms with van der Waals surface area (Å²) < 4.78 is 0. The molecule has 0 aliphatic heterocycles. The van der Waals surface area contributed by atoms with Crippen LogP contribution in [0.3, 0.4) is 0 Å². The molecule has 3 nitrogen and oxygen atoms in total. The van der Waals surface area contributed by atoms with Crippen LogP contribution in [-0.4, -0.2) is 16.2 Å². The van der Waals surface area contributed by atoms with Crippen LogP contribution < -0.4 is 0 Å². The van der Waals surface area contributed by atoms with E-state index in [1.165, 1.54) is 11.6 Å². The summed E-state index contributed by atoms with van der Waals surface area (Å²) in [6, 6.07) is 4.04. The van der Waals surface area contributed by atoms with Gasteiger partial charge in [0.05, 0.1) is 6.10 Å². The highest BCUT2D eigenvalue weighted by Gasteiger charge is 2.30.